The number of nitrogen functional groups attached to an aromatic ring is 1. The predicted molar refractivity (Wildman–Crippen MR) is 80.6 cm³/mol. The highest BCUT2D eigenvalue weighted by Crippen LogP contribution is 2.24. The van der Waals surface area contributed by atoms with Crippen LogP contribution in [0, 0.1) is 6.92 Å². The van der Waals surface area contributed by atoms with Crippen LogP contribution in [0.2, 0.25) is 0 Å². The van der Waals surface area contributed by atoms with E-state index < -0.39 is 0 Å². The molecule has 1 aliphatic rings. The minimum absolute atomic E-state index is 0.403. The number of anilines is 2. The summed E-state index contributed by atoms with van der Waals surface area (Å²) in [6, 6.07) is 6.62. The van der Waals surface area contributed by atoms with Crippen LogP contribution in [0.3, 0.4) is 0 Å². The quantitative estimate of drug-likeness (QED) is 0.311. The van der Waals surface area contributed by atoms with Gasteiger partial charge in [-0.15, -0.1) is 0 Å². The van der Waals surface area contributed by atoms with Gasteiger partial charge in [0.2, 0.25) is 0 Å². The molecule has 1 saturated heterocycles. The van der Waals surface area contributed by atoms with Crippen LogP contribution in [0.4, 0.5) is 11.4 Å². The van der Waals surface area contributed by atoms with E-state index in [1.165, 1.54) is 5.69 Å². The first kappa shape index (κ1) is 13.5. The fraction of sp³-hybridized carbons (Fsp3) is 0.500. The number of nitrogens with two attached hydrogens (primary N) is 2. The van der Waals surface area contributed by atoms with Crippen LogP contribution in [0.1, 0.15) is 12.0 Å². The van der Waals surface area contributed by atoms with Crippen molar-refractivity contribution in [2.75, 3.05) is 37.8 Å². The molecule has 1 atom stereocenters. The van der Waals surface area contributed by atoms with Crippen molar-refractivity contribution in [3.8, 4) is 0 Å². The number of nitrogens with one attached hydrogen (secondary N) is 1. The first-order chi connectivity index (χ1) is 8.97. The maximum absolute atomic E-state index is 5.92. The third-order valence-electron chi connectivity index (χ3n) is 3.64. The van der Waals surface area contributed by atoms with Crippen LogP contribution >= 0.6 is 0 Å². The molecule has 1 unspecified atom stereocenters. The summed E-state index contributed by atoms with van der Waals surface area (Å²) in [5, 5.41) is 3.36. The standard InChI is InChI=1S/C14H23N5/c1-10-8-12(4-5-13(10)15)19-7-6-11(9-19)17-14(16)18(2)3/h4-5,8,11H,6-7,9,15H2,1-3H3,(H2,16,17)/p+1. The Labute approximate surface area is 114 Å². The molecular formula is C14H24N5+. The number of benzene rings is 1. The second-order valence-electron chi connectivity index (χ2n) is 5.40. The smallest absolute Gasteiger partial charge is 0.343 e. The van der Waals surface area contributed by atoms with Crippen molar-refractivity contribution in [3.63, 3.8) is 0 Å². The number of guanidine groups is 1. The number of hydrogen-bond donors (Lipinski definition) is 3. The summed E-state index contributed by atoms with van der Waals surface area (Å²) >= 11 is 0. The van der Waals surface area contributed by atoms with Gasteiger partial charge in [0.15, 0.2) is 0 Å². The van der Waals surface area contributed by atoms with Crippen molar-refractivity contribution in [2.24, 2.45) is 5.73 Å². The third-order valence-corrected chi connectivity index (χ3v) is 3.64. The predicted octanol–water partition coefficient (Wildman–Crippen LogP) is 0.332. The SMILES string of the molecule is Cc1cc(N2CCC(NC(N)=[N+](C)C)C2)ccc1N. The fourth-order valence-corrected chi connectivity index (χ4v) is 2.31. The van der Waals surface area contributed by atoms with Crippen molar-refractivity contribution in [1.82, 2.24) is 5.32 Å². The molecule has 104 valence electrons. The van der Waals surface area contributed by atoms with Gasteiger partial charge < -0.3 is 10.6 Å². The summed E-state index contributed by atoms with van der Waals surface area (Å²) in [7, 11) is 3.89. The molecule has 0 amide bonds. The molecule has 1 aromatic carbocycles. The van der Waals surface area contributed by atoms with Gasteiger partial charge in [0.25, 0.3) is 0 Å². The second kappa shape index (κ2) is 5.38. The summed E-state index contributed by atoms with van der Waals surface area (Å²) in [6.07, 6.45) is 1.10. The van der Waals surface area contributed by atoms with Gasteiger partial charge in [0.1, 0.15) is 0 Å². The highest BCUT2D eigenvalue weighted by molar-refractivity contribution is 5.73. The van der Waals surface area contributed by atoms with Gasteiger partial charge in [-0.3, -0.25) is 15.6 Å². The lowest BCUT2D eigenvalue weighted by molar-refractivity contribution is -0.467. The molecule has 5 heteroatoms. The monoisotopic (exact) mass is 262 g/mol. The van der Waals surface area contributed by atoms with E-state index in [4.69, 9.17) is 11.5 Å². The Balaban J connectivity index is 2.02. The first-order valence-electron chi connectivity index (χ1n) is 6.64. The molecule has 0 radical (unpaired) electrons. The van der Waals surface area contributed by atoms with Crippen molar-refractivity contribution in [3.05, 3.63) is 23.8 Å². The zero-order chi connectivity index (χ0) is 14.0. The first-order valence-corrected chi connectivity index (χ1v) is 6.64. The minimum atomic E-state index is 0.403. The molecule has 0 spiro atoms. The van der Waals surface area contributed by atoms with E-state index in [2.05, 4.69) is 22.3 Å². The van der Waals surface area contributed by atoms with E-state index in [1.807, 2.05) is 31.7 Å². The van der Waals surface area contributed by atoms with Crippen molar-refractivity contribution >= 4 is 17.3 Å². The van der Waals surface area contributed by atoms with Gasteiger partial charge in [-0.1, -0.05) is 0 Å². The zero-order valence-electron chi connectivity index (χ0n) is 12.0. The molecule has 0 aromatic heterocycles. The van der Waals surface area contributed by atoms with Gasteiger partial charge in [-0.05, 0) is 30.7 Å². The normalized spacial score (nSPS) is 18.5. The fourth-order valence-electron chi connectivity index (χ4n) is 2.31. The van der Waals surface area contributed by atoms with Crippen LogP contribution < -0.4 is 21.7 Å². The molecule has 5 nitrogen and oxygen atoms in total. The Morgan fingerprint density at radius 2 is 2.16 bits per heavy atom. The molecule has 2 rings (SSSR count). The lowest BCUT2D eigenvalue weighted by Gasteiger charge is -2.19. The molecule has 1 aromatic rings. The Kier molecular flexibility index (Phi) is 3.83. The van der Waals surface area contributed by atoms with Crippen molar-refractivity contribution in [1.29, 1.82) is 0 Å². The molecule has 0 aliphatic carbocycles. The number of rotatable bonds is 2. The summed E-state index contributed by atoms with van der Waals surface area (Å²) in [6.45, 7) is 4.06. The summed E-state index contributed by atoms with van der Waals surface area (Å²) in [5.41, 5.74) is 15.0. The molecule has 0 saturated carbocycles. The van der Waals surface area contributed by atoms with E-state index in [0.29, 0.717) is 6.04 Å². The van der Waals surface area contributed by atoms with Crippen LogP contribution in [-0.2, 0) is 0 Å². The van der Waals surface area contributed by atoms with Gasteiger partial charge in [-0.2, -0.15) is 0 Å². The zero-order valence-corrected chi connectivity index (χ0v) is 12.0. The summed E-state index contributed by atoms with van der Waals surface area (Å²) in [4.78, 5) is 2.37. The molecule has 19 heavy (non-hydrogen) atoms. The topological polar surface area (TPSA) is 70.3 Å². The van der Waals surface area contributed by atoms with E-state index in [1.54, 1.807) is 0 Å². The maximum Gasteiger partial charge on any atom is 0.343 e. The number of nitrogens with zero attached hydrogens (tertiary/aromatic N) is 2. The van der Waals surface area contributed by atoms with Crippen molar-refractivity contribution in [2.45, 2.75) is 19.4 Å². The minimum Gasteiger partial charge on any atom is -0.399 e. The van der Waals surface area contributed by atoms with Gasteiger partial charge in [0.05, 0.1) is 26.7 Å². The van der Waals surface area contributed by atoms with Gasteiger partial charge in [0, 0.05) is 24.3 Å². The highest BCUT2D eigenvalue weighted by atomic mass is 15.2. The average molecular weight is 262 g/mol. The lowest BCUT2D eigenvalue weighted by Crippen LogP contribution is -2.45. The van der Waals surface area contributed by atoms with E-state index >= 15 is 0 Å². The van der Waals surface area contributed by atoms with Crippen LogP contribution in [0.25, 0.3) is 0 Å². The number of aryl methyl sites for hydroxylation is 1. The Morgan fingerprint density at radius 3 is 2.79 bits per heavy atom. The highest BCUT2D eigenvalue weighted by Gasteiger charge is 2.26. The molecule has 5 N–H and O–H groups in total. The van der Waals surface area contributed by atoms with Crippen molar-refractivity contribution < 1.29 is 4.58 Å². The number of hydrogen-bond acceptors (Lipinski definition) is 2. The van der Waals surface area contributed by atoms with Gasteiger partial charge >= 0.3 is 5.96 Å². The second-order valence-corrected chi connectivity index (χ2v) is 5.40. The molecule has 1 fully saturated rings. The largest absolute Gasteiger partial charge is 0.399 e. The average Bonchev–Trinajstić information content (AvgIpc) is 2.81. The summed E-state index contributed by atoms with van der Waals surface area (Å²) < 4.78 is 1.90. The Bertz CT molecular complexity index is 491. The Hall–Kier alpha value is -1.91. The van der Waals surface area contributed by atoms with Gasteiger partial charge in [-0.25, -0.2) is 0 Å². The maximum atomic E-state index is 5.92. The molecule has 0 bridgehead atoms. The lowest BCUT2D eigenvalue weighted by atomic mass is 10.2. The van der Waals surface area contributed by atoms with E-state index in [9.17, 15) is 0 Å². The van der Waals surface area contributed by atoms with Crippen LogP contribution in [0.15, 0.2) is 18.2 Å². The molecule has 1 aliphatic heterocycles. The van der Waals surface area contributed by atoms with E-state index in [0.717, 1.165) is 36.7 Å². The van der Waals surface area contributed by atoms with Crippen LogP contribution in [-0.4, -0.2) is 43.8 Å². The third kappa shape index (κ3) is 3.10. The van der Waals surface area contributed by atoms with Crippen LogP contribution in [0.5, 0.6) is 0 Å². The summed E-state index contributed by atoms with van der Waals surface area (Å²) in [5.74, 6) is 0.723. The molecule has 1 heterocycles. The van der Waals surface area contributed by atoms with E-state index in [-0.39, 0.29) is 0 Å². The Morgan fingerprint density at radius 1 is 1.42 bits per heavy atom. The molecular weight excluding hydrogens is 238 g/mol.